The molecule has 0 amide bonds. The highest BCUT2D eigenvalue weighted by molar-refractivity contribution is 6.35. The van der Waals surface area contributed by atoms with Gasteiger partial charge in [-0.15, -0.1) is 0 Å². The molecule has 0 aliphatic carbocycles. The van der Waals surface area contributed by atoms with Crippen LogP contribution in [0.5, 0.6) is 0 Å². The third kappa shape index (κ3) is 4.50. The van der Waals surface area contributed by atoms with Gasteiger partial charge in [-0.2, -0.15) is 0 Å². The first-order chi connectivity index (χ1) is 5.22. The molecule has 0 aromatic rings. The van der Waals surface area contributed by atoms with Crippen LogP contribution in [0.4, 0.5) is 0 Å². The van der Waals surface area contributed by atoms with Crippen molar-refractivity contribution in [2.45, 2.75) is 19.3 Å². The highest BCUT2D eigenvalue weighted by atomic mass is 16.4. The van der Waals surface area contributed by atoms with Gasteiger partial charge in [0.15, 0.2) is 0 Å². The standard InChI is InChI=1S/C7H14N2O2/c1-9-6(7(10)11)4-2-3-5-8/h2-5,8H2,1H3,(H,10,11). The highest BCUT2D eigenvalue weighted by Gasteiger charge is 2.06. The maximum Gasteiger partial charge on any atom is 0.349 e. The molecule has 0 saturated carbocycles. The number of carboxylic acids is 1. The molecular formula is C7H14N2O2. The monoisotopic (exact) mass is 158 g/mol. The highest BCUT2D eigenvalue weighted by Crippen LogP contribution is 1.96. The van der Waals surface area contributed by atoms with Crippen molar-refractivity contribution < 1.29 is 9.90 Å². The van der Waals surface area contributed by atoms with Crippen LogP contribution in [-0.4, -0.2) is 30.4 Å². The Balaban J connectivity index is 3.63. The molecule has 0 saturated heterocycles. The van der Waals surface area contributed by atoms with E-state index in [2.05, 4.69) is 4.99 Å². The summed E-state index contributed by atoms with van der Waals surface area (Å²) < 4.78 is 0. The van der Waals surface area contributed by atoms with Gasteiger partial charge in [0.1, 0.15) is 5.71 Å². The largest absolute Gasteiger partial charge is 0.477 e. The first-order valence-electron chi connectivity index (χ1n) is 3.61. The molecule has 0 fully saturated rings. The number of carboxylic acid groups (broad SMARTS) is 1. The summed E-state index contributed by atoms with van der Waals surface area (Å²) in [6.07, 6.45) is 2.17. The van der Waals surface area contributed by atoms with Gasteiger partial charge in [-0.25, -0.2) is 4.79 Å². The average Bonchev–Trinajstić information content (AvgIpc) is 1.97. The van der Waals surface area contributed by atoms with E-state index < -0.39 is 5.97 Å². The number of aliphatic imine (C=N–C) groups is 1. The lowest BCUT2D eigenvalue weighted by atomic mass is 10.1. The average molecular weight is 158 g/mol. The van der Waals surface area contributed by atoms with E-state index in [0.717, 1.165) is 12.8 Å². The zero-order chi connectivity index (χ0) is 8.69. The normalized spacial score (nSPS) is 11.6. The van der Waals surface area contributed by atoms with Crippen molar-refractivity contribution in [1.29, 1.82) is 0 Å². The Morgan fingerprint density at radius 1 is 1.55 bits per heavy atom. The van der Waals surface area contributed by atoms with Gasteiger partial charge in [-0.05, 0) is 25.8 Å². The lowest BCUT2D eigenvalue weighted by Crippen LogP contribution is -2.13. The minimum atomic E-state index is -0.926. The second-order valence-corrected chi connectivity index (χ2v) is 2.22. The van der Waals surface area contributed by atoms with Gasteiger partial charge in [-0.3, -0.25) is 4.99 Å². The molecule has 4 heteroatoms. The molecule has 0 aromatic carbocycles. The maximum absolute atomic E-state index is 10.4. The molecule has 0 atom stereocenters. The Morgan fingerprint density at radius 2 is 2.18 bits per heavy atom. The SMILES string of the molecule is CN=C(CCCCN)C(=O)O. The molecular weight excluding hydrogens is 144 g/mol. The van der Waals surface area contributed by atoms with Gasteiger partial charge in [0.2, 0.25) is 0 Å². The van der Waals surface area contributed by atoms with E-state index in [1.807, 2.05) is 0 Å². The predicted molar refractivity (Wildman–Crippen MR) is 43.9 cm³/mol. The van der Waals surface area contributed by atoms with Crippen molar-refractivity contribution in [2.75, 3.05) is 13.6 Å². The lowest BCUT2D eigenvalue weighted by Gasteiger charge is -1.97. The van der Waals surface area contributed by atoms with Crippen LogP contribution in [0.1, 0.15) is 19.3 Å². The molecule has 11 heavy (non-hydrogen) atoms. The third-order valence-electron chi connectivity index (χ3n) is 1.38. The summed E-state index contributed by atoms with van der Waals surface area (Å²) in [6, 6.07) is 0. The molecule has 0 aliphatic heterocycles. The summed E-state index contributed by atoms with van der Waals surface area (Å²) in [5, 5.41) is 8.51. The molecule has 0 aromatic heterocycles. The van der Waals surface area contributed by atoms with Crippen molar-refractivity contribution in [3.8, 4) is 0 Å². The Labute approximate surface area is 66.1 Å². The van der Waals surface area contributed by atoms with E-state index in [0.29, 0.717) is 13.0 Å². The van der Waals surface area contributed by atoms with Crippen molar-refractivity contribution in [3.63, 3.8) is 0 Å². The van der Waals surface area contributed by atoms with Crippen LogP contribution in [0.25, 0.3) is 0 Å². The number of carbonyl (C=O) groups is 1. The van der Waals surface area contributed by atoms with Crippen LogP contribution < -0.4 is 5.73 Å². The molecule has 4 nitrogen and oxygen atoms in total. The molecule has 0 radical (unpaired) electrons. The summed E-state index contributed by atoms with van der Waals surface area (Å²) in [4.78, 5) is 14.0. The molecule has 0 unspecified atom stereocenters. The topological polar surface area (TPSA) is 75.7 Å². The maximum atomic E-state index is 10.4. The molecule has 64 valence electrons. The van der Waals surface area contributed by atoms with Crippen molar-refractivity contribution in [3.05, 3.63) is 0 Å². The molecule has 0 spiro atoms. The molecule has 0 bridgehead atoms. The zero-order valence-electron chi connectivity index (χ0n) is 6.71. The van der Waals surface area contributed by atoms with Gasteiger partial charge < -0.3 is 10.8 Å². The Bertz CT molecular complexity index is 155. The second kappa shape index (κ2) is 5.85. The Hall–Kier alpha value is -0.900. The molecule has 0 aliphatic rings. The fourth-order valence-electron chi connectivity index (χ4n) is 0.751. The summed E-state index contributed by atoms with van der Waals surface area (Å²) in [5.41, 5.74) is 5.48. The van der Waals surface area contributed by atoms with Crippen LogP contribution in [0.15, 0.2) is 4.99 Å². The van der Waals surface area contributed by atoms with Crippen molar-refractivity contribution in [2.24, 2.45) is 10.7 Å². The number of nitrogens with two attached hydrogens (primary N) is 1. The van der Waals surface area contributed by atoms with Gasteiger partial charge >= 0.3 is 5.97 Å². The summed E-state index contributed by atoms with van der Waals surface area (Å²) >= 11 is 0. The fraction of sp³-hybridized carbons (Fsp3) is 0.714. The van der Waals surface area contributed by atoms with Crippen LogP contribution in [0.3, 0.4) is 0 Å². The van der Waals surface area contributed by atoms with Gasteiger partial charge in [-0.1, -0.05) is 0 Å². The first-order valence-corrected chi connectivity index (χ1v) is 3.61. The number of hydrogen-bond acceptors (Lipinski definition) is 3. The number of nitrogens with zero attached hydrogens (tertiary/aromatic N) is 1. The second-order valence-electron chi connectivity index (χ2n) is 2.22. The zero-order valence-corrected chi connectivity index (χ0v) is 6.71. The number of aliphatic carboxylic acids is 1. The van der Waals surface area contributed by atoms with E-state index in [4.69, 9.17) is 10.8 Å². The van der Waals surface area contributed by atoms with Gasteiger partial charge in [0.05, 0.1) is 0 Å². The number of rotatable bonds is 5. The number of hydrogen-bond donors (Lipinski definition) is 2. The Kier molecular flexibility index (Phi) is 5.37. The summed E-state index contributed by atoms with van der Waals surface area (Å²) in [7, 11) is 1.49. The van der Waals surface area contributed by atoms with E-state index in [1.54, 1.807) is 0 Å². The van der Waals surface area contributed by atoms with E-state index in [9.17, 15) is 4.79 Å². The van der Waals surface area contributed by atoms with E-state index >= 15 is 0 Å². The van der Waals surface area contributed by atoms with Gasteiger partial charge in [0.25, 0.3) is 0 Å². The summed E-state index contributed by atoms with van der Waals surface area (Å²) in [6.45, 7) is 0.608. The minimum absolute atomic E-state index is 0.235. The third-order valence-corrected chi connectivity index (χ3v) is 1.38. The first kappa shape index (κ1) is 10.1. The van der Waals surface area contributed by atoms with Crippen molar-refractivity contribution >= 4 is 11.7 Å². The Morgan fingerprint density at radius 3 is 2.55 bits per heavy atom. The van der Waals surface area contributed by atoms with Crippen molar-refractivity contribution in [1.82, 2.24) is 0 Å². The minimum Gasteiger partial charge on any atom is -0.477 e. The van der Waals surface area contributed by atoms with E-state index in [1.165, 1.54) is 7.05 Å². The fourth-order valence-corrected chi connectivity index (χ4v) is 0.751. The van der Waals surface area contributed by atoms with Crippen LogP contribution in [-0.2, 0) is 4.79 Å². The lowest BCUT2D eigenvalue weighted by molar-refractivity contribution is -0.129. The van der Waals surface area contributed by atoms with Crippen LogP contribution in [0.2, 0.25) is 0 Å². The smallest absolute Gasteiger partial charge is 0.349 e. The number of unbranched alkanes of at least 4 members (excludes halogenated alkanes) is 1. The van der Waals surface area contributed by atoms with Crippen LogP contribution in [0, 0.1) is 0 Å². The molecule has 0 heterocycles. The summed E-state index contributed by atoms with van der Waals surface area (Å²) in [5.74, 6) is -0.926. The predicted octanol–water partition coefficient (Wildman–Crippen LogP) is 0.271. The van der Waals surface area contributed by atoms with Gasteiger partial charge in [0, 0.05) is 7.05 Å². The van der Waals surface area contributed by atoms with Crippen LogP contribution >= 0.6 is 0 Å². The quantitative estimate of drug-likeness (QED) is 0.445. The molecule has 0 rings (SSSR count). The van der Waals surface area contributed by atoms with E-state index in [-0.39, 0.29) is 5.71 Å². The molecule has 3 N–H and O–H groups in total.